The molecule has 0 aromatic rings. The van der Waals surface area contributed by atoms with Gasteiger partial charge in [-0.15, -0.1) is 6.58 Å². The van der Waals surface area contributed by atoms with Gasteiger partial charge in [-0.2, -0.15) is 0 Å². The molecule has 1 rings (SSSR count). The van der Waals surface area contributed by atoms with Crippen molar-refractivity contribution in [3.8, 4) is 0 Å². The third-order valence-electron chi connectivity index (χ3n) is 2.65. The molecule has 0 radical (unpaired) electrons. The predicted molar refractivity (Wildman–Crippen MR) is 52.3 cm³/mol. The van der Waals surface area contributed by atoms with Crippen LogP contribution in [0.1, 0.15) is 13.3 Å². The highest BCUT2D eigenvalue weighted by Crippen LogP contribution is 2.27. The maximum Gasteiger partial charge on any atom is 0.162 e. The first-order valence-corrected chi connectivity index (χ1v) is 4.68. The largest absolute Gasteiger partial charge is 0.367 e. The van der Waals surface area contributed by atoms with Gasteiger partial charge < -0.3 is 14.7 Å². The van der Waals surface area contributed by atoms with Crippen LogP contribution >= 0.6 is 0 Å². The summed E-state index contributed by atoms with van der Waals surface area (Å²) in [6.07, 6.45) is 2.15. The fraction of sp³-hybridized carbons (Fsp3) is 0.800. The standard InChI is InChI=1S/C10H19NO2/c1-5-8-9(11(3)4)6-7(2)13-10(8)12/h5,7-10,12H,1,6H2,2-4H3/t7-,8?,9+,10?/m1/s1. The molecule has 2 unspecified atom stereocenters. The number of rotatable bonds is 2. The van der Waals surface area contributed by atoms with Crippen molar-refractivity contribution in [1.29, 1.82) is 0 Å². The van der Waals surface area contributed by atoms with Gasteiger partial charge in [0, 0.05) is 12.0 Å². The molecule has 3 heteroatoms. The molecule has 1 fully saturated rings. The molecule has 1 saturated heterocycles. The predicted octanol–water partition coefficient (Wildman–Crippen LogP) is 0.846. The Balaban J connectivity index is 2.71. The molecule has 76 valence electrons. The topological polar surface area (TPSA) is 32.7 Å². The summed E-state index contributed by atoms with van der Waals surface area (Å²) < 4.78 is 5.33. The van der Waals surface area contributed by atoms with E-state index in [0.717, 1.165) is 6.42 Å². The van der Waals surface area contributed by atoms with E-state index in [4.69, 9.17) is 4.74 Å². The Bertz CT molecular complexity index is 182. The van der Waals surface area contributed by atoms with Crippen LogP contribution in [0.5, 0.6) is 0 Å². The molecule has 0 saturated carbocycles. The summed E-state index contributed by atoms with van der Waals surface area (Å²) in [5, 5.41) is 9.64. The number of aliphatic hydroxyl groups excluding tert-OH is 1. The molecule has 1 N–H and O–H groups in total. The number of hydrogen-bond donors (Lipinski definition) is 1. The fourth-order valence-electron chi connectivity index (χ4n) is 1.90. The van der Waals surface area contributed by atoms with Crippen LogP contribution in [-0.4, -0.2) is 42.5 Å². The van der Waals surface area contributed by atoms with Gasteiger partial charge in [-0.1, -0.05) is 6.08 Å². The Hall–Kier alpha value is -0.380. The smallest absolute Gasteiger partial charge is 0.162 e. The van der Waals surface area contributed by atoms with Crippen molar-refractivity contribution >= 4 is 0 Å². The monoisotopic (exact) mass is 185 g/mol. The molecule has 0 spiro atoms. The zero-order valence-corrected chi connectivity index (χ0v) is 8.60. The van der Waals surface area contributed by atoms with Crippen molar-refractivity contribution in [2.24, 2.45) is 5.92 Å². The highest BCUT2D eigenvalue weighted by atomic mass is 16.6. The normalized spacial score (nSPS) is 40.7. The van der Waals surface area contributed by atoms with Crippen LogP contribution in [0.4, 0.5) is 0 Å². The molecule has 3 nitrogen and oxygen atoms in total. The van der Waals surface area contributed by atoms with Crippen molar-refractivity contribution < 1.29 is 9.84 Å². The Morgan fingerprint density at radius 1 is 1.54 bits per heavy atom. The molecule has 0 aliphatic carbocycles. The average molecular weight is 185 g/mol. The van der Waals surface area contributed by atoms with Crippen LogP contribution in [0, 0.1) is 5.92 Å². The van der Waals surface area contributed by atoms with Crippen LogP contribution in [0.2, 0.25) is 0 Å². The highest BCUT2D eigenvalue weighted by Gasteiger charge is 2.35. The van der Waals surface area contributed by atoms with Crippen LogP contribution in [0.25, 0.3) is 0 Å². The van der Waals surface area contributed by atoms with Crippen LogP contribution in [0.3, 0.4) is 0 Å². The van der Waals surface area contributed by atoms with Gasteiger partial charge in [0.25, 0.3) is 0 Å². The summed E-state index contributed by atoms with van der Waals surface area (Å²) >= 11 is 0. The van der Waals surface area contributed by atoms with Crippen molar-refractivity contribution in [1.82, 2.24) is 4.90 Å². The molecular formula is C10H19NO2. The lowest BCUT2D eigenvalue weighted by Crippen LogP contribution is -2.48. The van der Waals surface area contributed by atoms with E-state index in [1.165, 1.54) is 0 Å². The molecule has 4 atom stereocenters. The molecule has 1 aliphatic rings. The Kier molecular flexibility index (Phi) is 3.47. The van der Waals surface area contributed by atoms with Crippen molar-refractivity contribution in [3.05, 3.63) is 12.7 Å². The van der Waals surface area contributed by atoms with E-state index in [2.05, 4.69) is 11.5 Å². The van der Waals surface area contributed by atoms with Crippen LogP contribution in [-0.2, 0) is 4.74 Å². The van der Waals surface area contributed by atoms with Gasteiger partial charge >= 0.3 is 0 Å². The summed E-state index contributed by atoms with van der Waals surface area (Å²) in [5.41, 5.74) is 0. The first-order valence-electron chi connectivity index (χ1n) is 4.68. The second-order valence-electron chi connectivity index (χ2n) is 3.92. The van der Waals surface area contributed by atoms with Gasteiger partial charge in [0.1, 0.15) is 0 Å². The van der Waals surface area contributed by atoms with Gasteiger partial charge in [-0.05, 0) is 27.4 Å². The van der Waals surface area contributed by atoms with E-state index in [-0.39, 0.29) is 12.0 Å². The summed E-state index contributed by atoms with van der Waals surface area (Å²) in [7, 11) is 4.04. The van der Waals surface area contributed by atoms with E-state index in [9.17, 15) is 5.11 Å². The third-order valence-corrected chi connectivity index (χ3v) is 2.65. The number of aliphatic hydroxyl groups is 1. The molecule has 1 aliphatic heterocycles. The van der Waals surface area contributed by atoms with Gasteiger partial charge in [0.05, 0.1) is 6.10 Å². The molecule has 13 heavy (non-hydrogen) atoms. The summed E-state index contributed by atoms with van der Waals surface area (Å²) in [4.78, 5) is 2.12. The first kappa shape index (κ1) is 10.7. The summed E-state index contributed by atoms with van der Waals surface area (Å²) in [6.45, 7) is 5.71. The quantitative estimate of drug-likeness (QED) is 0.647. The maximum absolute atomic E-state index is 9.64. The molecule has 1 heterocycles. The average Bonchev–Trinajstić information content (AvgIpc) is 2.02. The minimum Gasteiger partial charge on any atom is -0.367 e. The summed E-state index contributed by atoms with van der Waals surface area (Å²) in [6, 6.07) is 0.330. The van der Waals surface area contributed by atoms with E-state index in [0.29, 0.717) is 6.04 Å². The zero-order valence-electron chi connectivity index (χ0n) is 8.60. The fourth-order valence-corrected chi connectivity index (χ4v) is 1.90. The molecule has 0 bridgehead atoms. The van der Waals surface area contributed by atoms with E-state index >= 15 is 0 Å². The Morgan fingerprint density at radius 2 is 2.15 bits per heavy atom. The minimum atomic E-state index is -0.700. The molecule has 0 aromatic heterocycles. The number of ether oxygens (including phenoxy) is 1. The van der Waals surface area contributed by atoms with Crippen molar-refractivity contribution in [3.63, 3.8) is 0 Å². The molecular weight excluding hydrogens is 166 g/mol. The minimum absolute atomic E-state index is 0.0196. The highest BCUT2D eigenvalue weighted by molar-refractivity contribution is 4.94. The van der Waals surface area contributed by atoms with Crippen LogP contribution in [0.15, 0.2) is 12.7 Å². The number of hydrogen-bond acceptors (Lipinski definition) is 3. The Morgan fingerprint density at radius 3 is 2.62 bits per heavy atom. The lowest BCUT2D eigenvalue weighted by atomic mass is 9.90. The maximum atomic E-state index is 9.64. The van der Waals surface area contributed by atoms with Gasteiger partial charge in [-0.25, -0.2) is 0 Å². The SMILES string of the molecule is C=CC1C(O)O[C@H](C)C[C@@H]1N(C)C. The van der Waals surface area contributed by atoms with Crippen molar-refractivity contribution in [2.75, 3.05) is 14.1 Å². The van der Waals surface area contributed by atoms with E-state index in [1.54, 1.807) is 6.08 Å². The molecule has 0 amide bonds. The first-order chi connectivity index (χ1) is 6.06. The van der Waals surface area contributed by atoms with Crippen LogP contribution < -0.4 is 0 Å². The van der Waals surface area contributed by atoms with Gasteiger partial charge in [0.2, 0.25) is 0 Å². The lowest BCUT2D eigenvalue weighted by molar-refractivity contribution is -0.195. The second-order valence-corrected chi connectivity index (χ2v) is 3.92. The van der Waals surface area contributed by atoms with E-state index < -0.39 is 6.29 Å². The van der Waals surface area contributed by atoms with Crippen molar-refractivity contribution in [2.45, 2.75) is 31.8 Å². The van der Waals surface area contributed by atoms with Gasteiger partial charge in [0.15, 0.2) is 6.29 Å². The molecule has 0 aromatic carbocycles. The van der Waals surface area contributed by atoms with Gasteiger partial charge in [-0.3, -0.25) is 0 Å². The Labute approximate surface area is 80.0 Å². The summed E-state index contributed by atoms with van der Waals surface area (Å²) in [5.74, 6) is 0.0196. The third kappa shape index (κ3) is 2.30. The lowest BCUT2D eigenvalue weighted by Gasteiger charge is -2.40. The number of nitrogens with zero attached hydrogens (tertiary/aromatic N) is 1. The van der Waals surface area contributed by atoms with E-state index in [1.807, 2.05) is 21.0 Å². The zero-order chi connectivity index (χ0) is 10.0. The second kappa shape index (κ2) is 4.22.